The van der Waals surface area contributed by atoms with Crippen LogP contribution in [0.3, 0.4) is 0 Å². The Morgan fingerprint density at radius 2 is 2.19 bits per heavy atom. The van der Waals surface area contributed by atoms with Gasteiger partial charge in [-0.2, -0.15) is 0 Å². The summed E-state index contributed by atoms with van der Waals surface area (Å²) in [4.78, 5) is 12.1. The molecule has 1 unspecified atom stereocenters. The zero-order valence-corrected chi connectivity index (χ0v) is 9.99. The average Bonchev–Trinajstić information content (AvgIpc) is 2.30. The molecule has 0 radical (unpaired) electrons. The lowest BCUT2D eigenvalue weighted by Crippen LogP contribution is -2.18. The minimum atomic E-state index is -0.337. The Morgan fingerprint density at radius 3 is 2.69 bits per heavy atom. The van der Waals surface area contributed by atoms with Crippen molar-refractivity contribution in [3.05, 3.63) is 29.3 Å². The number of rotatable bonds is 5. The largest absolute Gasteiger partial charge is 0.496 e. The third-order valence-electron chi connectivity index (χ3n) is 2.70. The van der Waals surface area contributed by atoms with E-state index in [0.717, 1.165) is 5.56 Å². The van der Waals surface area contributed by atoms with Crippen molar-refractivity contribution in [2.45, 2.75) is 20.3 Å². The molecule has 1 N–H and O–H groups in total. The van der Waals surface area contributed by atoms with Gasteiger partial charge in [0.15, 0.2) is 5.78 Å². The van der Waals surface area contributed by atoms with Gasteiger partial charge in [-0.25, -0.2) is 0 Å². The van der Waals surface area contributed by atoms with E-state index in [-0.39, 0.29) is 18.3 Å². The Bertz CT molecular complexity index is 367. The van der Waals surface area contributed by atoms with Crippen molar-refractivity contribution in [1.82, 2.24) is 0 Å². The number of aryl methyl sites for hydroxylation is 1. The number of benzene rings is 1. The topological polar surface area (TPSA) is 46.5 Å². The number of ketones is 1. The van der Waals surface area contributed by atoms with Gasteiger partial charge in [0, 0.05) is 5.92 Å². The lowest BCUT2D eigenvalue weighted by molar-refractivity contribution is 0.0853. The van der Waals surface area contributed by atoms with Gasteiger partial charge >= 0.3 is 0 Å². The number of carbonyl (C=O) groups is 1. The van der Waals surface area contributed by atoms with Crippen LogP contribution >= 0.6 is 0 Å². The minimum Gasteiger partial charge on any atom is -0.496 e. The maximum Gasteiger partial charge on any atom is 0.171 e. The third kappa shape index (κ3) is 2.61. The molecule has 88 valence electrons. The molecule has 0 aliphatic carbocycles. The van der Waals surface area contributed by atoms with Crippen LogP contribution in [0, 0.1) is 12.8 Å². The van der Waals surface area contributed by atoms with Gasteiger partial charge in [-0.1, -0.05) is 18.6 Å². The van der Waals surface area contributed by atoms with E-state index in [2.05, 4.69) is 0 Å². The number of methoxy groups -OCH3 is 1. The number of aliphatic hydroxyl groups excluding tert-OH is 1. The van der Waals surface area contributed by atoms with Crippen LogP contribution in [0.4, 0.5) is 0 Å². The van der Waals surface area contributed by atoms with E-state index in [1.165, 1.54) is 0 Å². The number of hydrogen-bond donors (Lipinski definition) is 1. The number of aliphatic hydroxyl groups is 1. The smallest absolute Gasteiger partial charge is 0.171 e. The number of carbonyl (C=O) groups excluding carboxylic acids is 1. The van der Waals surface area contributed by atoms with Crippen LogP contribution in [0.15, 0.2) is 18.2 Å². The first-order valence-electron chi connectivity index (χ1n) is 5.43. The summed E-state index contributed by atoms with van der Waals surface area (Å²) in [6, 6.07) is 5.49. The quantitative estimate of drug-likeness (QED) is 0.777. The first kappa shape index (κ1) is 12.7. The predicted octanol–water partition coefficient (Wildman–Crippen LogP) is 2.20. The predicted molar refractivity (Wildman–Crippen MR) is 62.9 cm³/mol. The highest BCUT2D eigenvalue weighted by molar-refractivity contribution is 6.00. The van der Waals surface area contributed by atoms with E-state index in [1.807, 2.05) is 19.9 Å². The molecule has 3 nitrogen and oxygen atoms in total. The normalized spacial score (nSPS) is 12.2. The second-order valence-electron chi connectivity index (χ2n) is 3.86. The van der Waals surface area contributed by atoms with E-state index in [1.54, 1.807) is 19.2 Å². The minimum absolute atomic E-state index is 0.0504. The highest BCUT2D eigenvalue weighted by atomic mass is 16.5. The molecule has 1 aromatic rings. The van der Waals surface area contributed by atoms with E-state index >= 15 is 0 Å². The van der Waals surface area contributed by atoms with Crippen LogP contribution in [0.1, 0.15) is 29.3 Å². The van der Waals surface area contributed by atoms with Crippen molar-refractivity contribution in [3.63, 3.8) is 0 Å². The Balaban J connectivity index is 3.10. The Hall–Kier alpha value is -1.35. The van der Waals surface area contributed by atoms with E-state index in [0.29, 0.717) is 17.7 Å². The molecular formula is C13H18O3. The second-order valence-corrected chi connectivity index (χ2v) is 3.86. The lowest BCUT2D eigenvalue weighted by Gasteiger charge is -2.13. The highest BCUT2D eigenvalue weighted by Crippen LogP contribution is 2.23. The molecule has 0 bridgehead atoms. The van der Waals surface area contributed by atoms with Gasteiger partial charge in [-0.15, -0.1) is 0 Å². The molecule has 0 aromatic heterocycles. The first-order valence-corrected chi connectivity index (χ1v) is 5.43. The van der Waals surface area contributed by atoms with E-state index < -0.39 is 0 Å². The fraction of sp³-hybridized carbons (Fsp3) is 0.462. The second kappa shape index (κ2) is 5.66. The zero-order chi connectivity index (χ0) is 12.1. The maximum absolute atomic E-state index is 12.1. The zero-order valence-electron chi connectivity index (χ0n) is 9.99. The molecule has 3 heteroatoms. The molecule has 1 rings (SSSR count). The molecule has 0 aliphatic rings. The molecule has 1 atom stereocenters. The summed E-state index contributed by atoms with van der Waals surface area (Å²) >= 11 is 0. The fourth-order valence-corrected chi connectivity index (χ4v) is 1.63. The van der Waals surface area contributed by atoms with Crippen LogP contribution in [0.5, 0.6) is 5.75 Å². The molecule has 0 heterocycles. The monoisotopic (exact) mass is 222 g/mol. The first-order chi connectivity index (χ1) is 7.63. The van der Waals surface area contributed by atoms with Crippen molar-refractivity contribution in [3.8, 4) is 5.75 Å². The van der Waals surface area contributed by atoms with Gasteiger partial charge in [0.25, 0.3) is 0 Å². The van der Waals surface area contributed by atoms with Crippen molar-refractivity contribution < 1.29 is 14.6 Å². The number of hydrogen-bond acceptors (Lipinski definition) is 3. The summed E-state index contributed by atoms with van der Waals surface area (Å²) < 4.78 is 5.16. The van der Waals surface area contributed by atoms with Crippen molar-refractivity contribution in [2.24, 2.45) is 5.92 Å². The highest BCUT2D eigenvalue weighted by Gasteiger charge is 2.20. The van der Waals surface area contributed by atoms with Crippen LogP contribution < -0.4 is 4.74 Å². The van der Waals surface area contributed by atoms with Gasteiger partial charge in [-0.3, -0.25) is 4.79 Å². The van der Waals surface area contributed by atoms with Gasteiger partial charge in [-0.05, 0) is 25.5 Å². The lowest BCUT2D eigenvalue weighted by atomic mass is 9.94. The fourth-order valence-electron chi connectivity index (χ4n) is 1.63. The SMILES string of the molecule is CCC(CO)C(=O)c1cc(C)ccc1OC. The van der Waals surface area contributed by atoms with Crippen molar-refractivity contribution in [2.75, 3.05) is 13.7 Å². The Morgan fingerprint density at radius 1 is 1.50 bits per heavy atom. The summed E-state index contributed by atoms with van der Waals surface area (Å²) in [5, 5.41) is 9.13. The summed E-state index contributed by atoms with van der Waals surface area (Å²) in [6.45, 7) is 3.70. The Labute approximate surface area is 96.1 Å². The number of Topliss-reactive ketones (excluding diaryl/α,β-unsaturated/α-hetero) is 1. The van der Waals surface area contributed by atoms with Gasteiger partial charge in [0.05, 0.1) is 19.3 Å². The standard InChI is InChI=1S/C13H18O3/c1-4-10(8-14)13(15)11-7-9(2)5-6-12(11)16-3/h5-7,10,14H,4,8H2,1-3H3. The van der Waals surface area contributed by atoms with Gasteiger partial charge in [0.2, 0.25) is 0 Å². The molecule has 0 saturated heterocycles. The molecule has 0 fully saturated rings. The molecule has 0 amide bonds. The molecular weight excluding hydrogens is 204 g/mol. The van der Waals surface area contributed by atoms with E-state index in [4.69, 9.17) is 9.84 Å². The van der Waals surface area contributed by atoms with E-state index in [9.17, 15) is 4.79 Å². The summed E-state index contributed by atoms with van der Waals surface area (Å²) in [6.07, 6.45) is 0.631. The molecule has 16 heavy (non-hydrogen) atoms. The van der Waals surface area contributed by atoms with Crippen LogP contribution in [-0.2, 0) is 0 Å². The van der Waals surface area contributed by atoms with Crippen molar-refractivity contribution >= 4 is 5.78 Å². The van der Waals surface area contributed by atoms with Gasteiger partial charge in [0.1, 0.15) is 5.75 Å². The molecule has 0 aliphatic heterocycles. The maximum atomic E-state index is 12.1. The Kier molecular flexibility index (Phi) is 4.50. The van der Waals surface area contributed by atoms with Crippen LogP contribution in [0.2, 0.25) is 0 Å². The third-order valence-corrected chi connectivity index (χ3v) is 2.70. The summed E-state index contributed by atoms with van der Waals surface area (Å²) in [5.74, 6) is 0.184. The van der Waals surface area contributed by atoms with Crippen LogP contribution in [0.25, 0.3) is 0 Å². The summed E-state index contributed by atoms with van der Waals surface area (Å²) in [5.41, 5.74) is 1.57. The number of ether oxygens (including phenoxy) is 1. The van der Waals surface area contributed by atoms with Gasteiger partial charge < -0.3 is 9.84 Å². The summed E-state index contributed by atoms with van der Waals surface area (Å²) in [7, 11) is 1.54. The van der Waals surface area contributed by atoms with Crippen LogP contribution in [-0.4, -0.2) is 24.6 Å². The molecule has 0 saturated carbocycles. The molecule has 1 aromatic carbocycles. The molecule has 0 spiro atoms. The van der Waals surface area contributed by atoms with Crippen molar-refractivity contribution in [1.29, 1.82) is 0 Å². The average molecular weight is 222 g/mol.